The number of hydrogen-bond acceptors (Lipinski definition) is 9. The van der Waals surface area contributed by atoms with Crippen LogP contribution in [0.25, 0.3) is 0 Å². The number of nitrogens with one attached hydrogen (secondary N) is 3. The number of nitrogens with zero attached hydrogens (tertiary/aromatic N) is 5. The van der Waals surface area contributed by atoms with Crippen LogP contribution in [-0.2, 0) is 19.6 Å². The van der Waals surface area contributed by atoms with E-state index in [4.69, 9.17) is 0 Å². The largest absolute Gasteiger partial charge is 0.361 e. The number of piperazine rings is 1. The Kier molecular flexibility index (Phi) is 7.52. The fourth-order valence-corrected chi connectivity index (χ4v) is 5.25. The molecule has 39 heavy (non-hydrogen) atoms. The van der Waals surface area contributed by atoms with E-state index in [1.54, 1.807) is 12.1 Å². The third-order valence-corrected chi connectivity index (χ3v) is 7.71. The van der Waals surface area contributed by atoms with Crippen LogP contribution < -0.4 is 20.9 Å². The molecule has 2 amide bonds. The summed E-state index contributed by atoms with van der Waals surface area (Å²) in [6, 6.07) is 18.5. The molecule has 0 saturated carbocycles. The van der Waals surface area contributed by atoms with Gasteiger partial charge in [-0.2, -0.15) is 4.31 Å². The minimum Gasteiger partial charge on any atom is -0.361 e. The molecule has 1 fully saturated rings. The lowest BCUT2D eigenvalue weighted by atomic mass is 10.0. The van der Waals surface area contributed by atoms with Crippen LogP contribution in [0.1, 0.15) is 11.1 Å². The highest BCUT2D eigenvalue weighted by Crippen LogP contribution is 2.23. The van der Waals surface area contributed by atoms with Gasteiger partial charge >= 0.3 is 0 Å². The minimum atomic E-state index is -3.23. The van der Waals surface area contributed by atoms with Crippen LogP contribution >= 0.6 is 0 Å². The van der Waals surface area contributed by atoms with E-state index in [1.807, 2.05) is 53.4 Å². The van der Waals surface area contributed by atoms with E-state index in [0.29, 0.717) is 49.2 Å². The molecule has 3 aromatic rings. The van der Waals surface area contributed by atoms with E-state index in [2.05, 4.69) is 30.9 Å². The van der Waals surface area contributed by atoms with Crippen LogP contribution in [0.4, 0.5) is 17.3 Å². The van der Waals surface area contributed by atoms with Crippen molar-refractivity contribution in [2.75, 3.05) is 54.5 Å². The van der Waals surface area contributed by atoms with Crippen LogP contribution in [0.2, 0.25) is 0 Å². The molecular weight excluding hydrogens is 520 g/mol. The number of hydrogen-bond donors (Lipinski definition) is 3. The Bertz CT molecular complexity index is 1510. The first kappa shape index (κ1) is 26.3. The smallest absolute Gasteiger partial charge is 0.269 e. The summed E-state index contributed by atoms with van der Waals surface area (Å²) in [5.41, 5.74) is 2.80. The molecule has 3 heterocycles. The average Bonchev–Trinajstić information content (AvgIpc) is 3.08. The summed E-state index contributed by atoms with van der Waals surface area (Å²) in [6.07, 6.45) is 1.45. The maximum absolute atomic E-state index is 12.9. The Morgan fingerprint density at radius 1 is 1.03 bits per heavy atom. The van der Waals surface area contributed by atoms with E-state index in [9.17, 15) is 18.0 Å². The van der Waals surface area contributed by atoms with Gasteiger partial charge in [-0.05, 0) is 6.07 Å². The molecule has 12 nitrogen and oxygen atoms in total. The Hall–Kier alpha value is -4.36. The van der Waals surface area contributed by atoms with Crippen molar-refractivity contribution in [3.63, 3.8) is 0 Å². The monoisotopic (exact) mass is 548 g/mol. The van der Waals surface area contributed by atoms with Gasteiger partial charge in [0.05, 0.1) is 24.2 Å². The summed E-state index contributed by atoms with van der Waals surface area (Å²) in [6.45, 7) is 1.57. The number of carbonyl (C=O) groups is 2. The minimum absolute atomic E-state index is 0.148. The molecule has 2 aliphatic rings. The number of benzene rings is 2. The molecule has 0 aliphatic carbocycles. The summed E-state index contributed by atoms with van der Waals surface area (Å²) in [5.74, 6) is 0.157. The van der Waals surface area contributed by atoms with Gasteiger partial charge in [-0.15, -0.1) is 0 Å². The van der Waals surface area contributed by atoms with Crippen molar-refractivity contribution < 1.29 is 18.0 Å². The van der Waals surface area contributed by atoms with Gasteiger partial charge < -0.3 is 20.9 Å². The molecule has 2 aliphatic heterocycles. The van der Waals surface area contributed by atoms with Gasteiger partial charge in [0.15, 0.2) is 0 Å². The van der Waals surface area contributed by atoms with Crippen LogP contribution in [0.3, 0.4) is 0 Å². The van der Waals surface area contributed by atoms with E-state index >= 15 is 0 Å². The number of benzodiazepines with no additional fused rings is 1. The fraction of sp³-hybridized carbons (Fsp3) is 0.269. The molecule has 1 aromatic heterocycles. The standard InChI is InChI=1S/C26H28N8O4S/c1-39(37,38)34-13-11-33(12-14-34)22-15-21(28-17-29-22)27-16-23(35)31-25-26(36)30-20-10-6-5-9-19(20)24(32-25)18-7-3-2-4-8-18/h2-10,15,17,25H,11-14,16H2,1H3,(H,30,36)(H,31,35)(H,27,28,29)/t25-/m0/s1. The number of aromatic nitrogens is 2. The number of anilines is 3. The summed E-state index contributed by atoms with van der Waals surface area (Å²) >= 11 is 0. The van der Waals surface area contributed by atoms with Gasteiger partial charge in [-0.1, -0.05) is 48.5 Å². The number of aliphatic imine (C=N–C) groups is 1. The predicted molar refractivity (Wildman–Crippen MR) is 148 cm³/mol. The lowest BCUT2D eigenvalue weighted by Gasteiger charge is -2.33. The molecule has 1 saturated heterocycles. The summed E-state index contributed by atoms with van der Waals surface area (Å²) in [4.78, 5) is 40.8. The molecule has 0 bridgehead atoms. The molecule has 0 radical (unpaired) electrons. The van der Waals surface area contributed by atoms with E-state index in [1.165, 1.54) is 16.9 Å². The van der Waals surface area contributed by atoms with Crippen LogP contribution in [0, 0.1) is 0 Å². The molecule has 3 N–H and O–H groups in total. The van der Waals surface area contributed by atoms with Gasteiger partial charge in [0.2, 0.25) is 22.1 Å². The van der Waals surface area contributed by atoms with Crippen LogP contribution in [0.5, 0.6) is 0 Å². The zero-order valence-corrected chi connectivity index (χ0v) is 22.1. The van der Waals surface area contributed by atoms with Crippen LogP contribution in [-0.4, -0.2) is 85.4 Å². The van der Waals surface area contributed by atoms with Crippen molar-refractivity contribution in [1.82, 2.24) is 19.6 Å². The number of para-hydroxylation sites is 1. The second-order valence-corrected chi connectivity index (χ2v) is 11.1. The van der Waals surface area contributed by atoms with Crippen LogP contribution in [0.15, 0.2) is 72.0 Å². The normalized spacial score (nSPS) is 17.9. The third-order valence-electron chi connectivity index (χ3n) is 6.41. The van der Waals surface area contributed by atoms with E-state index in [0.717, 1.165) is 11.1 Å². The van der Waals surface area contributed by atoms with Crippen molar-refractivity contribution in [3.05, 3.63) is 78.1 Å². The number of amides is 2. The third kappa shape index (κ3) is 6.21. The zero-order chi connectivity index (χ0) is 27.4. The maximum Gasteiger partial charge on any atom is 0.269 e. The Balaban J connectivity index is 1.25. The van der Waals surface area contributed by atoms with Crippen molar-refractivity contribution in [2.45, 2.75) is 6.17 Å². The highest BCUT2D eigenvalue weighted by Gasteiger charge is 2.27. The number of fused-ring (bicyclic) bond motifs is 1. The first-order valence-corrected chi connectivity index (χ1v) is 14.2. The molecule has 1 atom stereocenters. The molecule has 0 spiro atoms. The van der Waals surface area contributed by atoms with E-state index in [-0.39, 0.29) is 6.54 Å². The fourth-order valence-electron chi connectivity index (χ4n) is 4.42. The second kappa shape index (κ2) is 11.2. The first-order chi connectivity index (χ1) is 18.8. The zero-order valence-electron chi connectivity index (χ0n) is 21.2. The number of sulfonamides is 1. The quantitative estimate of drug-likeness (QED) is 0.394. The molecule has 202 valence electrons. The summed E-state index contributed by atoms with van der Waals surface area (Å²) in [5, 5.41) is 8.51. The summed E-state index contributed by atoms with van der Waals surface area (Å²) < 4.78 is 25.0. The van der Waals surface area contributed by atoms with Gasteiger partial charge in [0, 0.05) is 43.4 Å². The van der Waals surface area contributed by atoms with Crippen molar-refractivity contribution in [2.24, 2.45) is 4.99 Å². The SMILES string of the molecule is CS(=O)(=O)N1CCN(c2cc(NCC(=O)N[C@H]3N=C(c4ccccc4)c4ccccc4NC3=O)ncn2)CC1. The molecule has 13 heteroatoms. The Labute approximate surface area is 226 Å². The molecule has 5 rings (SSSR count). The Morgan fingerprint density at radius 3 is 2.49 bits per heavy atom. The topological polar surface area (TPSA) is 149 Å². The highest BCUT2D eigenvalue weighted by molar-refractivity contribution is 7.88. The van der Waals surface area contributed by atoms with Gasteiger partial charge in [0.25, 0.3) is 5.91 Å². The lowest BCUT2D eigenvalue weighted by molar-refractivity contribution is -0.125. The van der Waals surface area contributed by atoms with E-state index < -0.39 is 28.0 Å². The number of carbonyl (C=O) groups excluding carboxylic acids is 2. The van der Waals surface area contributed by atoms with Gasteiger partial charge in [-0.3, -0.25) is 9.59 Å². The highest BCUT2D eigenvalue weighted by atomic mass is 32.2. The molecular formula is C26H28N8O4S. The van der Waals surface area contributed by atoms with Gasteiger partial charge in [0.1, 0.15) is 18.0 Å². The lowest BCUT2D eigenvalue weighted by Crippen LogP contribution is -2.48. The maximum atomic E-state index is 12.9. The van der Waals surface area contributed by atoms with Crippen molar-refractivity contribution in [3.8, 4) is 0 Å². The summed E-state index contributed by atoms with van der Waals surface area (Å²) in [7, 11) is -3.23. The van der Waals surface area contributed by atoms with Crippen molar-refractivity contribution >= 4 is 44.9 Å². The average molecular weight is 549 g/mol. The molecule has 2 aromatic carbocycles. The first-order valence-electron chi connectivity index (χ1n) is 12.4. The Morgan fingerprint density at radius 2 is 1.74 bits per heavy atom. The molecule has 0 unspecified atom stereocenters. The number of rotatable bonds is 7. The second-order valence-electron chi connectivity index (χ2n) is 9.11. The van der Waals surface area contributed by atoms with Gasteiger partial charge in [-0.25, -0.2) is 23.4 Å². The van der Waals surface area contributed by atoms with Crippen molar-refractivity contribution in [1.29, 1.82) is 0 Å². The predicted octanol–water partition coefficient (Wildman–Crippen LogP) is 0.902.